The molecule has 0 bridgehead atoms. The second kappa shape index (κ2) is 6.51. The number of hydrogen-bond donors (Lipinski definition) is 1. The van der Waals surface area contributed by atoms with Crippen molar-refractivity contribution in [3.8, 4) is 0 Å². The fourth-order valence-electron chi connectivity index (χ4n) is 3.07. The Hall–Kier alpha value is -3.77. The second-order valence-corrected chi connectivity index (χ2v) is 6.09. The molecule has 3 aromatic carbocycles. The van der Waals surface area contributed by atoms with Crippen molar-refractivity contribution in [2.75, 3.05) is 9.91 Å². The van der Waals surface area contributed by atoms with Gasteiger partial charge >= 0.3 is 0 Å². The number of hydrogen-bond acceptors (Lipinski definition) is 5. The maximum absolute atomic E-state index is 12.7. The SMILES string of the molecule is NN(c1ccccc1)c1ccc(N2C(=O)c3ccc(C=O)cc3C2=O)cc1. The first kappa shape index (κ1) is 16.7. The normalized spacial score (nSPS) is 12.9. The number of benzene rings is 3. The van der Waals surface area contributed by atoms with Gasteiger partial charge in [0.25, 0.3) is 11.8 Å². The van der Waals surface area contributed by atoms with Gasteiger partial charge in [0.15, 0.2) is 0 Å². The predicted molar refractivity (Wildman–Crippen MR) is 102 cm³/mol. The minimum absolute atomic E-state index is 0.235. The molecule has 3 aromatic rings. The van der Waals surface area contributed by atoms with Crippen LogP contribution in [0.4, 0.5) is 17.1 Å². The lowest BCUT2D eigenvalue weighted by atomic mass is 10.1. The van der Waals surface area contributed by atoms with Crippen LogP contribution in [0.15, 0.2) is 72.8 Å². The quantitative estimate of drug-likeness (QED) is 0.335. The van der Waals surface area contributed by atoms with E-state index in [4.69, 9.17) is 5.84 Å². The van der Waals surface area contributed by atoms with Crippen LogP contribution < -0.4 is 15.8 Å². The number of aldehydes is 1. The molecule has 1 aliphatic heterocycles. The number of carbonyl (C=O) groups is 3. The average Bonchev–Trinajstić information content (AvgIpc) is 2.98. The summed E-state index contributed by atoms with van der Waals surface area (Å²) in [5.41, 5.74) is 2.85. The Morgan fingerprint density at radius 2 is 1.41 bits per heavy atom. The van der Waals surface area contributed by atoms with E-state index in [1.807, 2.05) is 30.3 Å². The molecule has 0 unspecified atom stereocenters. The van der Waals surface area contributed by atoms with Gasteiger partial charge in [-0.3, -0.25) is 19.4 Å². The van der Waals surface area contributed by atoms with Crippen LogP contribution in [0.5, 0.6) is 0 Å². The zero-order chi connectivity index (χ0) is 19.0. The number of fused-ring (bicyclic) bond motifs is 1. The molecule has 1 heterocycles. The molecule has 0 aliphatic carbocycles. The molecule has 4 rings (SSSR count). The zero-order valence-electron chi connectivity index (χ0n) is 14.2. The molecule has 27 heavy (non-hydrogen) atoms. The van der Waals surface area contributed by atoms with E-state index in [-0.39, 0.29) is 5.56 Å². The Morgan fingerprint density at radius 1 is 0.778 bits per heavy atom. The summed E-state index contributed by atoms with van der Waals surface area (Å²) in [6, 6.07) is 20.7. The summed E-state index contributed by atoms with van der Waals surface area (Å²) in [4.78, 5) is 37.3. The molecule has 0 fully saturated rings. The minimum atomic E-state index is -0.445. The van der Waals surface area contributed by atoms with Crippen LogP contribution in [0.1, 0.15) is 31.1 Å². The molecular weight excluding hydrogens is 342 g/mol. The molecule has 0 saturated heterocycles. The molecule has 132 valence electrons. The molecule has 0 radical (unpaired) electrons. The highest BCUT2D eigenvalue weighted by atomic mass is 16.2. The number of rotatable bonds is 4. The van der Waals surface area contributed by atoms with Gasteiger partial charge < -0.3 is 0 Å². The third-order valence-electron chi connectivity index (χ3n) is 4.47. The summed E-state index contributed by atoms with van der Waals surface area (Å²) in [6.07, 6.45) is 0.648. The van der Waals surface area contributed by atoms with Crippen LogP contribution >= 0.6 is 0 Å². The van der Waals surface area contributed by atoms with E-state index in [0.29, 0.717) is 28.8 Å². The average molecular weight is 357 g/mol. The first-order chi connectivity index (χ1) is 13.1. The molecule has 0 atom stereocenters. The van der Waals surface area contributed by atoms with Crippen LogP contribution in [0, 0.1) is 0 Å². The number of nitrogens with two attached hydrogens (primary N) is 1. The fraction of sp³-hybridized carbons (Fsp3) is 0. The number of imide groups is 1. The van der Waals surface area contributed by atoms with Crippen molar-refractivity contribution in [1.29, 1.82) is 0 Å². The number of nitrogens with zero attached hydrogens (tertiary/aromatic N) is 2. The van der Waals surface area contributed by atoms with Crippen molar-refractivity contribution < 1.29 is 14.4 Å². The van der Waals surface area contributed by atoms with Gasteiger partial charge in [-0.25, -0.2) is 10.7 Å². The lowest BCUT2D eigenvalue weighted by Gasteiger charge is -2.20. The number of para-hydroxylation sites is 1. The maximum atomic E-state index is 12.7. The van der Waals surface area contributed by atoms with Gasteiger partial charge in [-0.2, -0.15) is 0 Å². The monoisotopic (exact) mass is 357 g/mol. The number of amides is 2. The van der Waals surface area contributed by atoms with Gasteiger partial charge in [0.2, 0.25) is 0 Å². The molecule has 0 saturated carbocycles. The molecular formula is C21H15N3O3. The number of carbonyl (C=O) groups excluding carboxylic acids is 3. The van der Waals surface area contributed by atoms with Gasteiger partial charge in [-0.05, 0) is 48.5 Å². The Labute approximate surface area is 155 Å². The van der Waals surface area contributed by atoms with Gasteiger partial charge in [-0.15, -0.1) is 0 Å². The molecule has 6 nitrogen and oxygen atoms in total. The summed E-state index contributed by atoms with van der Waals surface area (Å²) in [6.45, 7) is 0. The van der Waals surface area contributed by atoms with E-state index in [2.05, 4.69) is 0 Å². The van der Waals surface area contributed by atoms with Crippen LogP contribution in [0.25, 0.3) is 0 Å². The van der Waals surface area contributed by atoms with E-state index in [0.717, 1.165) is 10.6 Å². The highest BCUT2D eigenvalue weighted by Crippen LogP contribution is 2.31. The summed E-state index contributed by atoms with van der Waals surface area (Å²) < 4.78 is 0. The standard InChI is InChI=1S/C21H15N3O3/c22-24(16-4-2-1-3-5-16)17-9-7-15(8-10-17)23-20(26)18-11-6-14(13-25)12-19(18)21(23)27/h1-13H,22H2. The van der Waals surface area contributed by atoms with Gasteiger partial charge in [0.05, 0.1) is 28.2 Å². The minimum Gasteiger partial charge on any atom is -0.298 e. The number of anilines is 3. The summed E-state index contributed by atoms with van der Waals surface area (Å²) in [5.74, 6) is 5.27. The summed E-state index contributed by atoms with van der Waals surface area (Å²) in [7, 11) is 0. The van der Waals surface area contributed by atoms with E-state index in [1.165, 1.54) is 23.2 Å². The van der Waals surface area contributed by atoms with Crippen molar-refractivity contribution in [3.05, 3.63) is 89.5 Å². The second-order valence-electron chi connectivity index (χ2n) is 6.09. The zero-order valence-corrected chi connectivity index (χ0v) is 14.2. The Morgan fingerprint density at radius 3 is 2.07 bits per heavy atom. The van der Waals surface area contributed by atoms with Crippen molar-refractivity contribution in [1.82, 2.24) is 0 Å². The van der Waals surface area contributed by atoms with Crippen molar-refractivity contribution in [2.24, 2.45) is 5.84 Å². The lowest BCUT2D eigenvalue weighted by molar-refractivity contribution is 0.0926. The van der Waals surface area contributed by atoms with Crippen molar-refractivity contribution >= 4 is 35.2 Å². The van der Waals surface area contributed by atoms with E-state index >= 15 is 0 Å². The van der Waals surface area contributed by atoms with Crippen LogP contribution in [0.2, 0.25) is 0 Å². The van der Waals surface area contributed by atoms with Gasteiger partial charge in [-0.1, -0.05) is 24.3 Å². The molecule has 6 heteroatoms. The smallest absolute Gasteiger partial charge is 0.266 e. The van der Waals surface area contributed by atoms with Crippen LogP contribution in [-0.4, -0.2) is 18.1 Å². The molecule has 2 amide bonds. The first-order valence-corrected chi connectivity index (χ1v) is 8.28. The van der Waals surface area contributed by atoms with Gasteiger partial charge in [0, 0.05) is 5.56 Å². The van der Waals surface area contributed by atoms with Crippen LogP contribution in [-0.2, 0) is 0 Å². The molecule has 0 aromatic heterocycles. The largest absolute Gasteiger partial charge is 0.298 e. The van der Waals surface area contributed by atoms with E-state index in [1.54, 1.807) is 24.3 Å². The van der Waals surface area contributed by atoms with Crippen molar-refractivity contribution in [2.45, 2.75) is 0 Å². The van der Waals surface area contributed by atoms with Gasteiger partial charge in [0.1, 0.15) is 6.29 Å². The lowest BCUT2D eigenvalue weighted by Crippen LogP contribution is -2.29. The van der Waals surface area contributed by atoms with E-state index in [9.17, 15) is 14.4 Å². The highest BCUT2D eigenvalue weighted by molar-refractivity contribution is 6.34. The third-order valence-corrected chi connectivity index (χ3v) is 4.47. The maximum Gasteiger partial charge on any atom is 0.266 e. The Balaban J connectivity index is 1.64. The summed E-state index contributed by atoms with van der Waals surface area (Å²) in [5, 5.41) is 1.52. The molecule has 0 spiro atoms. The number of hydrazine groups is 1. The van der Waals surface area contributed by atoms with Crippen molar-refractivity contribution in [3.63, 3.8) is 0 Å². The fourth-order valence-corrected chi connectivity index (χ4v) is 3.07. The summed E-state index contributed by atoms with van der Waals surface area (Å²) >= 11 is 0. The first-order valence-electron chi connectivity index (χ1n) is 8.28. The molecule has 2 N–H and O–H groups in total. The molecule has 1 aliphatic rings. The topological polar surface area (TPSA) is 83.7 Å². The third kappa shape index (κ3) is 2.78. The predicted octanol–water partition coefficient (Wildman–Crippen LogP) is 3.31. The van der Waals surface area contributed by atoms with E-state index < -0.39 is 11.8 Å². The Bertz CT molecular complexity index is 1050. The van der Waals surface area contributed by atoms with Crippen LogP contribution in [0.3, 0.4) is 0 Å². The highest BCUT2D eigenvalue weighted by Gasteiger charge is 2.36. The Kier molecular flexibility index (Phi) is 4.02.